The largest absolute Gasteiger partial charge is 0.508 e. The zero-order valence-electron chi connectivity index (χ0n) is 11.1. The van der Waals surface area contributed by atoms with Gasteiger partial charge in [-0.05, 0) is 23.3 Å². The summed E-state index contributed by atoms with van der Waals surface area (Å²) in [6.07, 6.45) is 0. The third-order valence-electron chi connectivity index (χ3n) is 3.55. The van der Waals surface area contributed by atoms with Crippen LogP contribution in [0, 0.1) is 0 Å². The van der Waals surface area contributed by atoms with Gasteiger partial charge in [-0.2, -0.15) is 0 Å². The second kappa shape index (κ2) is 5.25. The Balaban J connectivity index is 1.85. The Bertz CT molecular complexity index is 625. The second-order valence-electron chi connectivity index (χ2n) is 4.92. The van der Waals surface area contributed by atoms with Gasteiger partial charge in [-0.3, -0.25) is 4.99 Å². The predicted molar refractivity (Wildman–Crippen MR) is 79.3 cm³/mol. The molecule has 0 saturated carbocycles. The van der Waals surface area contributed by atoms with Gasteiger partial charge in [0.2, 0.25) is 0 Å². The summed E-state index contributed by atoms with van der Waals surface area (Å²) in [5.41, 5.74) is 8.23. The average molecular weight is 267 g/mol. The lowest BCUT2D eigenvalue weighted by Gasteiger charge is -2.26. The Morgan fingerprint density at radius 2 is 1.95 bits per heavy atom. The number of benzene rings is 2. The maximum absolute atomic E-state index is 9.63. The second-order valence-corrected chi connectivity index (χ2v) is 4.92. The van der Waals surface area contributed by atoms with Gasteiger partial charge in [0.25, 0.3) is 0 Å². The summed E-state index contributed by atoms with van der Waals surface area (Å²) >= 11 is 0. The van der Waals surface area contributed by atoms with Crippen LogP contribution >= 0.6 is 0 Å². The van der Waals surface area contributed by atoms with Gasteiger partial charge >= 0.3 is 0 Å². The Kier molecular flexibility index (Phi) is 3.29. The summed E-state index contributed by atoms with van der Waals surface area (Å²) in [4.78, 5) is 6.41. The van der Waals surface area contributed by atoms with Crippen molar-refractivity contribution in [2.24, 2.45) is 10.7 Å². The van der Waals surface area contributed by atoms with Gasteiger partial charge in [-0.25, -0.2) is 0 Å². The van der Waals surface area contributed by atoms with Gasteiger partial charge in [0, 0.05) is 6.54 Å². The molecule has 0 radical (unpaired) electrons. The highest BCUT2D eigenvalue weighted by molar-refractivity contribution is 5.80. The van der Waals surface area contributed by atoms with Crippen molar-refractivity contribution in [2.45, 2.75) is 12.6 Å². The number of guanidine groups is 1. The summed E-state index contributed by atoms with van der Waals surface area (Å²) in [5, 5.41) is 9.63. The Labute approximate surface area is 118 Å². The van der Waals surface area contributed by atoms with Crippen LogP contribution in [0.3, 0.4) is 0 Å². The van der Waals surface area contributed by atoms with Gasteiger partial charge < -0.3 is 15.7 Å². The first kappa shape index (κ1) is 12.5. The van der Waals surface area contributed by atoms with Crippen LogP contribution in [0.15, 0.2) is 59.6 Å². The highest BCUT2D eigenvalue weighted by Crippen LogP contribution is 2.28. The van der Waals surface area contributed by atoms with Gasteiger partial charge in [0.15, 0.2) is 5.96 Å². The van der Waals surface area contributed by atoms with Crippen LogP contribution in [-0.4, -0.2) is 22.5 Å². The van der Waals surface area contributed by atoms with Crippen LogP contribution in [0.2, 0.25) is 0 Å². The zero-order chi connectivity index (χ0) is 13.9. The molecule has 1 unspecified atom stereocenters. The molecule has 0 aliphatic carbocycles. The fourth-order valence-electron chi connectivity index (χ4n) is 2.52. The number of rotatable bonds is 3. The fraction of sp³-hybridized carbons (Fsp3) is 0.188. The molecule has 1 aliphatic heterocycles. The van der Waals surface area contributed by atoms with E-state index < -0.39 is 0 Å². The summed E-state index contributed by atoms with van der Waals surface area (Å²) in [5.74, 6) is 0.829. The number of phenolic OH excluding ortho intramolecular Hbond substituents is 1. The van der Waals surface area contributed by atoms with Crippen molar-refractivity contribution in [1.29, 1.82) is 0 Å². The standard InChI is InChI=1S/C16H17N3O/c17-16-18-10-15(13-7-4-8-14(20)9-13)19(16)11-12-5-2-1-3-6-12/h1-9,15,20H,10-11H2,(H2,17,18). The van der Waals surface area contributed by atoms with Gasteiger partial charge in [0.1, 0.15) is 5.75 Å². The van der Waals surface area contributed by atoms with E-state index in [0.717, 1.165) is 12.1 Å². The molecule has 102 valence electrons. The van der Waals surface area contributed by atoms with Crippen LogP contribution in [0.1, 0.15) is 17.2 Å². The van der Waals surface area contributed by atoms with Crippen LogP contribution < -0.4 is 5.73 Å². The molecule has 4 nitrogen and oxygen atoms in total. The Hall–Kier alpha value is -2.49. The quantitative estimate of drug-likeness (QED) is 0.896. The minimum Gasteiger partial charge on any atom is -0.508 e. The fourth-order valence-corrected chi connectivity index (χ4v) is 2.52. The van der Waals surface area contributed by atoms with Gasteiger partial charge in [0.05, 0.1) is 12.6 Å². The normalized spacial score (nSPS) is 18.1. The lowest BCUT2D eigenvalue weighted by molar-refractivity contribution is 0.339. The third kappa shape index (κ3) is 2.45. The van der Waals surface area contributed by atoms with Crippen LogP contribution in [-0.2, 0) is 6.54 Å². The molecule has 1 atom stereocenters. The summed E-state index contributed by atoms with van der Waals surface area (Å²) < 4.78 is 0. The number of aromatic hydroxyl groups is 1. The first-order valence-electron chi connectivity index (χ1n) is 6.63. The van der Waals surface area contributed by atoms with Crippen molar-refractivity contribution in [3.05, 3.63) is 65.7 Å². The molecule has 0 saturated heterocycles. The van der Waals surface area contributed by atoms with E-state index in [0.29, 0.717) is 12.5 Å². The molecule has 0 fully saturated rings. The molecule has 4 heteroatoms. The number of hydrogen-bond donors (Lipinski definition) is 2. The van der Waals surface area contributed by atoms with Crippen molar-refractivity contribution in [2.75, 3.05) is 6.54 Å². The van der Waals surface area contributed by atoms with E-state index in [4.69, 9.17) is 5.73 Å². The van der Waals surface area contributed by atoms with Crippen molar-refractivity contribution in [3.63, 3.8) is 0 Å². The number of phenols is 1. The maximum atomic E-state index is 9.63. The third-order valence-corrected chi connectivity index (χ3v) is 3.55. The molecular formula is C16H17N3O. The van der Waals surface area contributed by atoms with Gasteiger partial charge in [-0.15, -0.1) is 0 Å². The average Bonchev–Trinajstić information content (AvgIpc) is 2.82. The van der Waals surface area contributed by atoms with Crippen LogP contribution in [0.4, 0.5) is 0 Å². The van der Waals surface area contributed by atoms with E-state index in [-0.39, 0.29) is 11.8 Å². The minimum absolute atomic E-state index is 0.0855. The van der Waals surface area contributed by atoms with E-state index in [1.54, 1.807) is 12.1 Å². The minimum atomic E-state index is 0.0855. The number of nitrogens with zero attached hydrogens (tertiary/aromatic N) is 2. The molecule has 1 aliphatic rings. The number of aliphatic imine (C=N–C) groups is 1. The lowest BCUT2D eigenvalue weighted by Crippen LogP contribution is -2.35. The summed E-state index contributed by atoms with van der Waals surface area (Å²) in [6, 6.07) is 17.6. The molecule has 0 spiro atoms. The Morgan fingerprint density at radius 1 is 1.15 bits per heavy atom. The van der Waals surface area contributed by atoms with Crippen LogP contribution in [0.5, 0.6) is 5.75 Å². The first-order valence-corrected chi connectivity index (χ1v) is 6.63. The smallest absolute Gasteiger partial charge is 0.192 e. The van der Waals surface area contributed by atoms with E-state index in [2.05, 4.69) is 22.0 Å². The number of hydrogen-bond acceptors (Lipinski definition) is 4. The lowest BCUT2D eigenvalue weighted by atomic mass is 10.1. The van der Waals surface area contributed by atoms with Gasteiger partial charge in [-0.1, -0.05) is 42.5 Å². The predicted octanol–water partition coefficient (Wildman–Crippen LogP) is 2.26. The molecular weight excluding hydrogens is 250 g/mol. The summed E-state index contributed by atoms with van der Waals surface area (Å²) in [7, 11) is 0. The van der Waals surface area contributed by atoms with Crippen LogP contribution in [0.25, 0.3) is 0 Å². The van der Waals surface area contributed by atoms with E-state index in [1.807, 2.05) is 30.3 Å². The molecule has 0 bridgehead atoms. The molecule has 0 amide bonds. The molecule has 3 rings (SSSR count). The molecule has 20 heavy (non-hydrogen) atoms. The Morgan fingerprint density at radius 3 is 2.70 bits per heavy atom. The SMILES string of the molecule is NC1=NCC(c2cccc(O)c2)N1Cc1ccccc1. The summed E-state index contributed by atoms with van der Waals surface area (Å²) in [6.45, 7) is 1.35. The van der Waals surface area contributed by atoms with Crippen molar-refractivity contribution >= 4 is 5.96 Å². The van der Waals surface area contributed by atoms with Crippen molar-refractivity contribution in [1.82, 2.24) is 4.90 Å². The maximum Gasteiger partial charge on any atom is 0.192 e. The number of nitrogens with two attached hydrogens (primary N) is 1. The molecule has 0 aromatic heterocycles. The van der Waals surface area contributed by atoms with Crippen molar-refractivity contribution in [3.8, 4) is 5.75 Å². The van der Waals surface area contributed by atoms with E-state index >= 15 is 0 Å². The zero-order valence-corrected chi connectivity index (χ0v) is 11.1. The highest BCUT2D eigenvalue weighted by Gasteiger charge is 2.27. The van der Waals surface area contributed by atoms with E-state index in [1.165, 1.54) is 5.56 Å². The highest BCUT2D eigenvalue weighted by atomic mass is 16.3. The molecule has 2 aromatic rings. The van der Waals surface area contributed by atoms with E-state index in [9.17, 15) is 5.11 Å². The topological polar surface area (TPSA) is 61.9 Å². The molecule has 2 aromatic carbocycles. The molecule has 1 heterocycles. The monoisotopic (exact) mass is 267 g/mol. The van der Waals surface area contributed by atoms with Crippen molar-refractivity contribution < 1.29 is 5.11 Å². The molecule has 3 N–H and O–H groups in total. The first-order chi connectivity index (χ1) is 9.74.